The van der Waals surface area contributed by atoms with E-state index in [1.807, 2.05) is 13.8 Å². The van der Waals surface area contributed by atoms with Crippen LogP contribution in [0, 0.1) is 11.8 Å². The molecule has 20 heavy (non-hydrogen) atoms. The average Bonchev–Trinajstić information content (AvgIpc) is 2.37. The third kappa shape index (κ3) is 6.19. The van der Waals surface area contributed by atoms with Crippen LogP contribution in [0.1, 0.15) is 26.7 Å². The second-order valence-corrected chi connectivity index (χ2v) is 7.67. The predicted molar refractivity (Wildman–Crippen MR) is 77.8 cm³/mol. The first kappa shape index (κ1) is 17.4. The minimum Gasteiger partial charge on any atom is -0.381 e. The molecule has 0 aromatic carbocycles. The number of carbonyl (C=O) groups excluding carboxylic acids is 1. The molecule has 1 saturated heterocycles. The summed E-state index contributed by atoms with van der Waals surface area (Å²) in [6.07, 6.45) is 2.69. The van der Waals surface area contributed by atoms with Crippen LogP contribution >= 0.6 is 0 Å². The van der Waals surface area contributed by atoms with Gasteiger partial charge in [0.25, 0.3) is 0 Å². The molecule has 0 saturated carbocycles. The molecule has 1 aliphatic heterocycles. The van der Waals surface area contributed by atoms with E-state index in [1.165, 1.54) is 10.6 Å². The largest absolute Gasteiger partial charge is 0.381 e. The lowest BCUT2D eigenvalue weighted by atomic mass is 9.99. The molecule has 1 heterocycles. The number of rotatable bonds is 7. The molecule has 7 heteroatoms. The lowest BCUT2D eigenvalue weighted by Crippen LogP contribution is -2.42. The minimum atomic E-state index is -3.22. The zero-order chi connectivity index (χ0) is 15.2. The zero-order valence-corrected chi connectivity index (χ0v) is 13.4. The van der Waals surface area contributed by atoms with Crippen molar-refractivity contribution in [2.75, 3.05) is 39.1 Å². The summed E-state index contributed by atoms with van der Waals surface area (Å²) in [4.78, 5) is 11.9. The van der Waals surface area contributed by atoms with Crippen molar-refractivity contribution < 1.29 is 17.9 Å². The van der Waals surface area contributed by atoms with Gasteiger partial charge >= 0.3 is 0 Å². The maximum atomic E-state index is 11.9. The lowest BCUT2D eigenvalue weighted by Gasteiger charge is -2.24. The highest BCUT2D eigenvalue weighted by Gasteiger charge is 2.22. The third-order valence-electron chi connectivity index (χ3n) is 3.29. The van der Waals surface area contributed by atoms with E-state index in [2.05, 4.69) is 5.32 Å². The van der Waals surface area contributed by atoms with Gasteiger partial charge in [-0.3, -0.25) is 4.79 Å². The number of nitrogens with zero attached hydrogens (tertiary/aromatic N) is 1. The number of carbonyl (C=O) groups is 1. The SMILES string of the molecule is CC(C)CN(CCNC(=O)C1CCOCC1)S(C)(=O)=O. The molecule has 6 nitrogen and oxygen atoms in total. The average molecular weight is 306 g/mol. The van der Waals surface area contributed by atoms with Gasteiger partial charge in [0.2, 0.25) is 15.9 Å². The lowest BCUT2D eigenvalue weighted by molar-refractivity contribution is -0.127. The topological polar surface area (TPSA) is 75.7 Å². The molecule has 1 aliphatic rings. The summed E-state index contributed by atoms with van der Waals surface area (Å²) in [6.45, 7) is 6.35. The Hall–Kier alpha value is -0.660. The minimum absolute atomic E-state index is 0.000493. The fourth-order valence-corrected chi connectivity index (χ4v) is 3.20. The molecule has 0 unspecified atom stereocenters. The monoisotopic (exact) mass is 306 g/mol. The Morgan fingerprint density at radius 2 is 1.95 bits per heavy atom. The maximum absolute atomic E-state index is 11.9. The second kappa shape index (κ2) is 7.95. The summed E-state index contributed by atoms with van der Waals surface area (Å²) >= 11 is 0. The van der Waals surface area contributed by atoms with Crippen molar-refractivity contribution in [3.05, 3.63) is 0 Å². The molecular weight excluding hydrogens is 280 g/mol. The molecule has 0 bridgehead atoms. The van der Waals surface area contributed by atoms with Crippen LogP contribution in [0.4, 0.5) is 0 Å². The normalized spacial score (nSPS) is 17.6. The summed E-state index contributed by atoms with van der Waals surface area (Å²) in [5.41, 5.74) is 0. The molecule has 0 aromatic heterocycles. The van der Waals surface area contributed by atoms with Crippen molar-refractivity contribution in [1.82, 2.24) is 9.62 Å². The van der Waals surface area contributed by atoms with Gasteiger partial charge in [0, 0.05) is 38.8 Å². The van der Waals surface area contributed by atoms with E-state index in [0.29, 0.717) is 32.8 Å². The van der Waals surface area contributed by atoms with Crippen LogP contribution in [0.15, 0.2) is 0 Å². The zero-order valence-electron chi connectivity index (χ0n) is 12.6. The van der Waals surface area contributed by atoms with Crippen LogP contribution in [-0.4, -0.2) is 57.7 Å². The Morgan fingerprint density at radius 1 is 1.35 bits per heavy atom. The van der Waals surface area contributed by atoms with Gasteiger partial charge < -0.3 is 10.1 Å². The molecule has 0 spiro atoms. The number of sulfonamides is 1. The summed E-state index contributed by atoms with van der Waals surface area (Å²) in [6, 6.07) is 0. The highest BCUT2D eigenvalue weighted by molar-refractivity contribution is 7.88. The summed E-state index contributed by atoms with van der Waals surface area (Å²) in [7, 11) is -3.22. The third-order valence-corrected chi connectivity index (χ3v) is 4.56. The number of hydrogen-bond donors (Lipinski definition) is 1. The first-order chi connectivity index (χ1) is 9.30. The van der Waals surface area contributed by atoms with Gasteiger partial charge in [0.15, 0.2) is 0 Å². The van der Waals surface area contributed by atoms with Gasteiger partial charge in [0.1, 0.15) is 0 Å². The standard InChI is InChI=1S/C13H26N2O4S/c1-11(2)10-15(20(3,17)18)7-6-14-13(16)12-4-8-19-9-5-12/h11-12H,4-10H2,1-3H3,(H,14,16). The Balaban J connectivity index is 2.38. The van der Waals surface area contributed by atoms with Gasteiger partial charge in [-0.25, -0.2) is 12.7 Å². The van der Waals surface area contributed by atoms with Crippen LogP contribution in [-0.2, 0) is 19.6 Å². The van der Waals surface area contributed by atoms with E-state index >= 15 is 0 Å². The van der Waals surface area contributed by atoms with Gasteiger partial charge in [-0.15, -0.1) is 0 Å². The van der Waals surface area contributed by atoms with Crippen molar-refractivity contribution in [1.29, 1.82) is 0 Å². The molecule has 1 rings (SSSR count). The van der Waals surface area contributed by atoms with Crippen LogP contribution in [0.3, 0.4) is 0 Å². The molecule has 0 aromatic rings. The molecule has 0 atom stereocenters. The summed E-state index contributed by atoms with van der Waals surface area (Å²) in [5, 5.41) is 2.83. The predicted octanol–water partition coefficient (Wildman–Crippen LogP) is 0.447. The van der Waals surface area contributed by atoms with Gasteiger partial charge in [-0.1, -0.05) is 13.8 Å². The number of ether oxygens (including phenoxy) is 1. The Bertz CT molecular complexity index is 403. The molecule has 118 valence electrons. The van der Waals surface area contributed by atoms with Crippen LogP contribution < -0.4 is 5.32 Å². The van der Waals surface area contributed by atoms with Gasteiger partial charge in [-0.05, 0) is 18.8 Å². The smallest absolute Gasteiger partial charge is 0.223 e. The number of amides is 1. The van der Waals surface area contributed by atoms with Crippen molar-refractivity contribution in [2.24, 2.45) is 11.8 Å². The summed E-state index contributed by atoms with van der Waals surface area (Å²) in [5.74, 6) is 0.266. The van der Waals surface area contributed by atoms with Crippen molar-refractivity contribution in [2.45, 2.75) is 26.7 Å². The quantitative estimate of drug-likeness (QED) is 0.741. The van der Waals surface area contributed by atoms with Crippen LogP contribution in [0.2, 0.25) is 0 Å². The second-order valence-electron chi connectivity index (χ2n) is 5.69. The van der Waals surface area contributed by atoms with E-state index in [1.54, 1.807) is 0 Å². The molecular formula is C13H26N2O4S. The molecule has 1 fully saturated rings. The van der Waals surface area contributed by atoms with Crippen molar-refractivity contribution >= 4 is 15.9 Å². The highest BCUT2D eigenvalue weighted by atomic mass is 32.2. The highest BCUT2D eigenvalue weighted by Crippen LogP contribution is 2.14. The van der Waals surface area contributed by atoms with E-state index in [4.69, 9.17) is 4.74 Å². The van der Waals surface area contributed by atoms with Crippen LogP contribution in [0.5, 0.6) is 0 Å². The molecule has 1 N–H and O–H groups in total. The Kier molecular flexibility index (Phi) is 6.91. The Labute approximate surface area is 121 Å². The first-order valence-electron chi connectivity index (χ1n) is 7.11. The fourth-order valence-electron chi connectivity index (χ4n) is 2.21. The van der Waals surface area contributed by atoms with E-state index in [0.717, 1.165) is 12.8 Å². The maximum Gasteiger partial charge on any atom is 0.223 e. The molecule has 0 radical (unpaired) electrons. The molecule has 1 amide bonds. The van der Waals surface area contributed by atoms with E-state index in [9.17, 15) is 13.2 Å². The van der Waals surface area contributed by atoms with Gasteiger partial charge in [0.05, 0.1) is 6.26 Å². The number of nitrogens with one attached hydrogen (secondary N) is 1. The van der Waals surface area contributed by atoms with E-state index in [-0.39, 0.29) is 17.7 Å². The van der Waals surface area contributed by atoms with Crippen LogP contribution in [0.25, 0.3) is 0 Å². The van der Waals surface area contributed by atoms with Crippen molar-refractivity contribution in [3.8, 4) is 0 Å². The van der Waals surface area contributed by atoms with Crippen molar-refractivity contribution in [3.63, 3.8) is 0 Å². The van der Waals surface area contributed by atoms with Gasteiger partial charge in [-0.2, -0.15) is 0 Å². The molecule has 0 aliphatic carbocycles. The van der Waals surface area contributed by atoms with E-state index < -0.39 is 10.0 Å². The Morgan fingerprint density at radius 3 is 2.45 bits per heavy atom. The summed E-state index contributed by atoms with van der Waals surface area (Å²) < 4.78 is 29.9. The first-order valence-corrected chi connectivity index (χ1v) is 8.96. The number of hydrogen-bond acceptors (Lipinski definition) is 4. The fraction of sp³-hybridized carbons (Fsp3) is 0.923.